The summed E-state index contributed by atoms with van der Waals surface area (Å²) in [6.07, 6.45) is 5.75. The number of carbonyl (C=O) groups is 2. The van der Waals surface area contributed by atoms with Crippen LogP contribution in [0.25, 0.3) is 0 Å². The van der Waals surface area contributed by atoms with Crippen LogP contribution in [-0.2, 0) is 20.9 Å². The van der Waals surface area contributed by atoms with E-state index < -0.39 is 17.4 Å². The topological polar surface area (TPSA) is 59.0 Å². The van der Waals surface area contributed by atoms with E-state index in [1.807, 2.05) is 79.7 Å². The molecular weight excluding hydrogens is 376 g/mol. The Bertz CT molecular complexity index is 908. The van der Waals surface area contributed by atoms with Crippen LogP contribution in [0.4, 0.5) is 0 Å². The first kappa shape index (κ1) is 21.5. The van der Waals surface area contributed by atoms with Crippen LogP contribution in [0.15, 0.2) is 77.8 Å². The number of aliphatic imine (C=N–C) groups is 1. The molecule has 5 heteroatoms. The SMILES string of the molecule is CN(C)C(=O)C(CC(C(=O)OCc1ccccc1)C1(C)C=CC=N1)c1ccccc1. The molecule has 30 heavy (non-hydrogen) atoms. The summed E-state index contributed by atoms with van der Waals surface area (Å²) in [5.74, 6) is -1.45. The highest BCUT2D eigenvalue weighted by atomic mass is 16.5. The predicted octanol–water partition coefficient (Wildman–Crippen LogP) is 4.01. The largest absolute Gasteiger partial charge is 0.461 e. The molecule has 1 aliphatic rings. The third kappa shape index (κ3) is 5.03. The number of hydrogen-bond acceptors (Lipinski definition) is 4. The molecule has 0 spiro atoms. The van der Waals surface area contributed by atoms with Crippen molar-refractivity contribution in [2.75, 3.05) is 14.1 Å². The van der Waals surface area contributed by atoms with Gasteiger partial charge < -0.3 is 9.64 Å². The Morgan fingerprint density at radius 1 is 1.03 bits per heavy atom. The molecule has 3 unspecified atom stereocenters. The van der Waals surface area contributed by atoms with Crippen LogP contribution in [0.5, 0.6) is 0 Å². The van der Waals surface area contributed by atoms with Crippen LogP contribution in [0, 0.1) is 5.92 Å². The average Bonchev–Trinajstić information content (AvgIpc) is 3.20. The third-order valence-corrected chi connectivity index (χ3v) is 5.50. The van der Waals surface area contributed by atoms with E-state index in [9.17, 15) is 9.59 Å². The summed E-state index contributed by atoms with van der Waals surface area (Å²) in [6.45, 7) is 2.10. The average molecular weight is 405 g/mol. The molecule has 2 aromatic carbocycles. The molecule has 1 heterocycles. The lowest BCUT2D eigenvalue weighted by atomic mass is 9.78. The van der Waals surface area contributed by atoms with E-state index in [4.69, 9.17) is 4.74 Å². The van der Waals surface area contributed by atoms with Gasteiger partial charge >= 0.3 is 5.97 Å². The van der Waals surface area contributed by atoms with Crippen LogP contribution >= 0.6 is 0 Å². The summed E-state index contributed by atoms with van der Waals surface area (Å²) in [7, 11) is 3.46. The highest BCUT2D eigenvalue weighted by Gasteiger charge is 2.42. The molecule has 0 saturated carbocycles. The summed E-state index contributed by atoms with van der Waals surface area (Å²) in [6, 6.07) is 19.2. The number of ether oxygens (including phenoxy) is 1. The van der Waals surface area contributed by atoms with Crippen molar-refractivity contribution in [1.29, 1.82) is 0 Å². The number of amides is 1. The number of nitrogens with zero attached hydrogens (tertiary/aromatic N) is 2. The van der Waals surface area contributed by atoms with E-state index in [0.717, 1.165) is 11.1 Å². The molecule has 5 nitrogen and oxygen atoms in total. The van der Waals surface area contributed by atoms with Gasteiger partial charge in [-0.25, -0.2) is 0 Å². The smallest absolute Gasteiger partial charge is 0.312 e. The van der Waals surface area contributed by atoms with Gasteiger partial charge in [-0.15, -0.1) is 0 Å². The number of allylic oxidation sites excluding steroid dienone is 1. The van der Waals surface area contributed by atoms with Gasteiger partial charge in [-0.3, -0.25) is 14.6 Å². The predicted molar refractivity (Wildman–Crippen MR) is 118 cm³/mol. The Morgan fingerprint density at radius 3 is 2.23 bits per heavy atom. The zero-order valence-corrected chi connectivity index (χ0v) is 17.7. The fourth-order valence-corrected chi connectivity index (χ4v) is 3.71. The van der Waals surface area contributed by atoms with Crippen LogP contribution in [-0.4, -0.2) is 42.6 Å². The van der Waals surface area contributed by atoms with Gasteiger partial charge in [0.15, 0.2) is 0 Å². The second-order valence-corrected chi connectivity index (χ2v) is 7.94. The molecule has 1 aliphatic heterocycles. The number of rotatable bonds is 8. The van der Waals surface area contributed by atoms with Crippen LogP contribution in [0.2, 0.25) is 0 Å². The lowest BCUT2D eigenvalue weighted by molar-refractivity contribution is -0.152. The molecule has 1 amide bonds. The minimum Gasteiger partial charge on any atom is -0.461 e. The summed E-state index contributed by atoms with van der Waals surface area (Å²) in [5.41, 5.74) is 1.06. The molecule has 3 atom stereocenters. The van der Waals surface area contributed by atoms with Gasteiger partial charge in [-0.1, -0.05) is 66.7 Å². The highest BCUT2D eigenvalue weighted by molar-refractivity contribution is 5.85. The highest BCUT2D eigenvalue weighted by Crippen LogP contribution is 2.36. The first-order valence-electron chi connectivity index (χ1n) is 10.1. The van der Waals surface area contributed by atoms with E-state index in [1.54, 1.807) is 25.2 Å². The molecule has 0 aromatic heterocycles. The quantitative estimate of drug-likeness (QED) is 0.625. The van der Waals surface area contributed by atoms with Crippen molar-refractivity contribution in [2.45, 2.75) is 31.4 Å². The van der Waals surface area contributed by atoms with Gasteiger partial charge in [0.05, 0.1) is 17.4 Å². The molecule has 0 bridgehead atoms. The van der Waals surface area contributed by atoms with Crippen molar-refractivity contribution in [2.24, 2.45) is 10.9 Å². The Morgan fingerprint density at radius 2 is 1.67 bits per heavy atom. The molecule has 0 aliphatic carbocycles. The fraction of sp³-hybridized carbons (Fsp3) is 0.320. The van der Waals surface area contributed by atoms with Gasteiger partial charge in [0.1, 0.15) is 6.61 Å². The maximum absolute atomic E-state index is 13.2. The maximum Gasteiger partial charge on any atom is 0.312 e. The van der Waals surface area contributed by atoms with Gasteiger partial charge in [0.2, 0.25) is 5.91 Å². The molecule has 0 radical (unpaired) electrons. The minimum absolute atomic E-state index is 0.0448. The number of carbonyl (C=O) groups excluding carboxylic acids is 2. The lowest BCUT2D eigenvalue weighted by Crippen LogP contribution is -2.40. The van der Waals surface area contributed by atoms with Crippen LogP contribution in [0.3, 0.4) is 0 Å². The molecule has 0 fully saturated rings. The molecular formula is C25H28N2O3. The molecule has 3 rings (SSSR count). The second kappa shape index (κ2) is 9.53. The summed E-state index contributed by atoms with van der Waals surface area (Å²) in [5, 5.41) is 0. The first-order valence-corrected chi connectivity index (χ1v) is 10.1. The maximum atomic E-state index is 13.2. The molecule has 0 N–H and O–H groups in total. The Labute approximate surface area is 178 Å². The first-order chi connectivity index (χ1) is 14.4. The standard InChI is InChI=1S/C25H28N2O3/c1-25(15-10-16-26-25)22(24(29)30-18-19-11-6-4-7-12-19)17-21(23(28)27(2)3)20-13-8-5-9-14-20/h4-16,21-22H,17-18H2,1-3H3. The van der Waals surface area contributed by atoms with Gasteiger partial charge in [0, 0.05) is 20.3 Å². The van der Waals surface area contributed by atoms with Crippen molar-refractivity contribution in [1.82, 2.24) is 4.90 Å². The fourth-order valence-electron chi connectivity index (χ4n) is 3.71. The Balaban J connectivity index is 1.87. The van der Waals surface area contributed by atoms with E-state index in [0.29, 0.717) is 6.42 Å². The summed E-state index contributed by atoms with van der Waals surface area (Å²) < 4.78 is 5.67. The van der Waals surface area contributed by atoms with E-state index in [1.165, 1.54) is 0 Å². The van der Waals surface area contributed by atoms with Crippen molar-refractivity contribution in [3.8, 4) is 0 Å². The second-order valence-electron chi connectivity index (χ2n) is 7.94. The van der Waals surface area contributed by atoms with Crippen molar-refractivity contribution >= 4 is 18.1 Å². The van der Waals surface area contributed by atoms with Gasteiger partial charge in [-0.05, 0) is 30.5 Å². The van der Waals surface area contributed by atoms with Gasteiger partial charge in [-0.2, -0.15) is 0 Å². The Hall–Kier alpha value is -3.21. The van der Waals surface area contributed by atoms with Gasteiger partial charge in [0.25, 0.3) is 0 Å². The third-order valence-electron chi connectivity index (χ3n) is 5.50. The van der Waals surface area contributed by atoms with Crippen molar-refractivity contribution in [3.63, 3.8) is 0 Å². The van der Waals surface area contributed by atoms with Crippen LogP contribution < -0.4 is 0 Å². The Kier molecular flexibility index (Phi) is 6.83. The number of esters is 1. The molecule has 2 aromatic rings. The summed E-state index contributed by atoms with van der Waals surface area (Å²) in [4.78, 5) is 32.3. The van der Waals surface area contributed by atoms with E-state index in [-0.39, 0.29) is 18.5 Å². The summed E-state index contributed by atoms with van der Waals surface area (Å²) >= 11 is 0. The van der Waals surface area contributed by atoms with E-state index in [2.05, 4.69) is 4.99 Å². The number of likely N-dealkylation sites (N-methyl/N-ethyl adjacent to an activating group) is 1. The number of benzene rings is 2. The minimum atomic E-state index is -0.743. The normalized spacial score (nSPS) is 19.3. The molecule has 156 valence electrons. The van der Waals surface area contributed by atoms with E-state index >= 15 is 0 Å². The van der Waals surface area contributed by atoms with Crippen molar-refractivity contribution < 1.29 is 14.3 Å². The zero-order chi connectivity index (χ0) is 21.6. The lowest BCUT2D eigenvalue weighted by Gasteiger charge is -2.32. The van der Waals surface area contributed by atoms with Crippen molar-refractivity contribution in [3.05, 3.63) is 83.9 Å². The van der Waals surface area contributed by atoms with Crippen LogP contribution in [0.1, 0.15) is 30.4 Å². The zero-order valence-electron chi connectivity index (χ0n) is 17.7. The number of hydrogen-bond donors (Lipinski definition) is 0. The molecule has 0 saturated heterocycles. The monoisotopic (exact) mass is 404 g/mol.